The molecule has 1 aliphatic rings. The van der Waals surface area contributed by atoms with E-state index in [9.17, 15) is 0 Å². The van der Waals surface area contributed by atoms with Crippen LogP contribution in [-0.4, -0.2) is 37.6 Å². The molecule has 2 heteroatoms. The summed E-state index contributed by atoms with van der Waals surface area (Å²) in [5, 5.41) is 3.54. The summed E-state index contributed by atoms with van der Waals surface area (Å²) in [6.07, 6.45) is 6.67. The maximum Gasteiger partial charge on any atom is 0.0105 e. The topological polar surface area (TPSA) is 15.3 Å². The van der Waals surface area contributed by atoms with Crippen molar-refractivity contribution >= 4 is 0 Å². The molecule has 0 aromatic carbocycles. The number of nitrogens with one attached hydrogen (secondary N) is 1. The summed E-state index contributed by atoms with van der Waals surface area (Å²) in [4.78, 5) is 2.57. The average Bonchev–Trinajstić information content (AvgIpc) is 2.28. The fraction of sp³-hybridized carbons (Fsp3) is 1.00. The molecule has 0 aliphatic heterocycles. The Balaban J connectivity index is 2.55. The van der Waals surface area contributed by atoms with Gasteiger partial charge in [0, 0.05) is 18.6 Å². The first-order valence-electron chi connectivity index (χ1n) is 7.77. The van der Waals surface area contributed by atoms with Gasteiger partial charge in [-0.15, -0.1) is 0 Å². The molecule has 1 saturated carbocycles. The molecule has 1 N–H and O–H groups in total. The first-order valence-corrected chi connectivity index (χ1v) is 7.77. The number of hydrogen-bond donors (Lipinski definition) is 1. The van der Waals surface area contributed by atoms with Crippen molar-refractivity contribution in [1.82, 2.24) is 10.2 Å². The molecule has 1 aliphatic carbocycles. The Morgan fingerprint density at radius 3 is 2.61 bits per heavy atom. The molecule has 0 radical (unpaired) electrons. The van der Waals surface area contributed by atoms with Gasteiger partial charge in [0.15, 0.2) is 0 Å². The highest BCUT2D eigenvalue weighted by molar-refractivity contribution is 4.89. The molecule has 1 fully saturated rings. The Morgan fingerprint density at radius 2 is 2.06 bits per heavy atom. The minimum absolute atomic E-state index is 0.535. The van der Waals surface area contributed by atoms with Crippen LogP contribution < -0.4 is 5.32 Å². The van der Waals surface area contributed by atoms with Gasteiger partial charge in [0.2, 0.25) is 0 Å². The van der Waals surface area contributed by atoms with Crippen LogP contribution in [0.1, 0.15) is 59.8 Å². The van der Waals surface area contributed by atoms with Crippen molar-refractivity contribution in [2.75, 3.05) is 20.6 Å². The maximum absolute atomic E-state index is 3.54. The second-order valence-corrected chi connectivity index (χ2v) is 7.14. The van der Waals surface area contributed by atoms with Crippen LogP contribution in [-0.2, 0) is 0 Å². The fourth-order valence-electron chi connectivity index (χ4n) is 3.50. The van der Waals surface area contributed by atoms with Crippen molar-refractivity contribution in [2.45, 2.75) is 71.9 Å². The molecule has 2 nitrogen and oxygen atoms in total. The average molecular weight is 254 g/mol. The molecule has 0 aromatic rings. The van der Waals surface area contributed by atoms with E-state index in [0.29, 0.717) is 11.5 Å². The predicted molar refractivity (Wildman–Crippen MR) is 81.0 cm³/mol. The van der Waals surface area contributed by atoms with Crippen LogP contribution in [0, 0.1) is 11.3 Å². The smallest absolute Gasteiger partial charge is 0.0105 e. The maximum atomic E-state index is 3.54. The zero-order chi connectivity index (χ0) is 13.8. The monoisotopic (exact) mass is 254 g/mol. The molecule has 1 rings (SSSR count). The number of hydrogen-bond acceptors (Lipinski definition) is 2. The van der Waals surface area contributed by atoms with Gasteiger partial charge in [0.1, 0.15) is 0 Å². The summed E-state index contributed by atoms with van der Waals surface area (Å²) in [6, 6.07) is 1.44. The Labute approximate surface area is 115 Å². The molecule has 108 valence electrons. The van der Waals surface area contributed by atoms with Crippen LogP contribution in [0.3, 0.4) is 0 Å². The van der Waals surface area contributed by atoms with E-state index in [2.05, 4.69) is 52.0 Å². The van der Waals surface area contributed by atoms with E-state index in [1.54, 1.807) is 0 Å². The van der Waals surface area contributed by atoms with Gasteiger partial charge in [0.25, 0.3) is 0 Å². The van der Waals surface area contributed by atoms with Crippen molar-refractivity contribution in [2.24, 2.45) is 11.3 Å². The first kappa shape index (κ1) is 16.0. The SMILES string of the molecule is CCCC(C)N(C)CC1CC(C)(C)CCC1NC. The number of rotatable bonds is 6. The van der Waals surface area contributed by atoms with Crippen LogP contribution in [0.4, 0.5) is 0 Å². The minimum Gasteiger partial charge on any atom is -0.317 e. The van der Waals surface area contributed by atoms with Gasteiger partial charge in [-0.25, -0.2) is 0 Å². The molecule has 0 bridgehead atoms. The summed E-state index contributed by atoms with van der Waals surface area (Å²) in [7, 11) is 4.43. The van der Waals surface area contributed by atoms with E-state index < -0.39 is 0 Å². The molecule has 3 unspecified atom stereocenters. The summed E-state index contributed by atoms with van der Waals surface area (Å²) in [5.74, 6) is 0.808. The van der Waals surface area contributed by atoms with E-state index >= 15 is 0 Å². The van der Waals surface area contributed by atoms with Crippen LogP contribution in [0.15, 0.2) is 0 Å². The quantitative estimate of drug-likeness (QED) is 0.780. The van der Waals surface area contributed by atoms with E-state index in [1.807, 2.05) is 0 Å². The second kappa shape index (κ2) is 6.91. The van der Waals surface area contributed by atoms with Crippen LogP contribution in [0.5, 0.6) is 0 Å². The molecule has 0 aromatic heterocycles. The standard InChI is InChI=1S/C16H34N2/c1-7-8-13(2)18(6)12-14-11-16(3,4)10-9-15(14)17-5/h13-15,17H,7-12H2,1-6H3. The largest absolute Gasteiger partial charge is 0.317 e. The summed E-state index contributed by atoms with van der Waals surface area (Å²) in [6.45, 7) is 10.8. The number of nitrogens with zero attached hydrogens (tertiary/aromatic N) is 1. The molecular weight excluding hydrogens is 220 g/mol. The third-order valence-corrected chi connectivity index (χ3v) is 4.87. The van der Waals surface area contributed by atoms with Gasteiger partial charge >= 0.3 is 0 Å². The lowest BCUT2D eigenvalue weighted by molar-refractivity contribution is 0.0978. The van der Waals surface area contributed by atoms with Gasteiger partial charge in [0.05, 0.1) is 0 Å². The molecule has 0 heterocycles. The highest BCUT2D eigenvalue weighted by atomic mass is 15.1. The van der Waals surface area contributed by atoms with Gasteiger partial charge < -0.3 is 10.2 Å². The molecule has 0 saturated heterocycles. The minimum atomic E-state index is 0.535. The van der Waals surface area contributed by atoms with E-state index in [1.165, 1.54) is 38.6 Å². The second-order valence-electron chi connectivity index (χ2n) is 7.14. The Hall–Kier alpha value is -0.0800. The van der Waals surface area contributed by atoms with Crippen molar-refractivity contribution in [3.8, 4) is 0 Å². The van der Waals surface area contributed by atoms with Crippen LogP contribution in [0.2, 0.25) is 0 Å². The summed E-state index contributed by atoms with van der Waals surface area (Å²) in [5.41, 5.74) is 0.535. The van der Waals surface area contributed by atoms with E-state index in [4.69, 9.17) is 0 Å². The fourth-order valence-corrected chi connectivity index (χ4v) is 3.50. The predicted octanol–water partition coefficient (Wildman–Crippen LogP) is 3.52. The molecular formula is C16H34N2. The zero-order valence-corrected chi connectivity index (χ0v) is 13.4. The molecule has 3 atom stereocenters. The molecule has 0 amide bonds. The van der Waals surface area contributed by atoms with Gasteiger partial charge in [-0.1, -0.05) is 27.2 Å². The molecule has 0 spiro atoms. The van der Waals surface area contributed by atoms with Crippen molar-refractivity contribution < 1.29 is 0 Å². The van der Waals surface area contributed by atoms with Crippen LogP contribution >= 0.6 is 0 Å². The third kappa shape index (κ3) is 4.55. The van der Waals surface area contributed by atoms with Crippen LogP contribution in [0.25, 0.3) is 0 Å². The van der Waals surface area contributed by atoms with Gasteiger partial charge in [-0.2, -0.15) is 0 Å². The normalized spacial score (nSPS) is 29.5. The zero-order valence-electron chi connectivity index (χ0n) is 13.4. The van der Waals surface area contributed by atoms with Crippen molar-refractivity contribution in [1.29, 1.82) is 0 Å². The lowest BCUT2D eigenvalue weighted by Gasteiger charge is -2.43. The lowest BCUT2D eigenvalue weighted by atomic mass is 9.69. The highest BCUT2D eigenvalue weighted by Gasteiger charge is 2.34. The van der Waals surface area contributed by atoms with Crippen molar-refractivity contribution in [3.63, 3.8) is 0 Å². The Bertz CT molecular complexity index is 237. The third-order valence-electron chi connectivity index (χ3n) is 4.87. The lowest BCUT2D eigenvalue weighted by Crippen LogP contribution is -2.47. The molecule has 18 heavy (non-hydrogen) atoms. The van der Waals surface area contributed by atoms with E-state index in [0.717, 1.165) is 12.0 Å². The Morgan fingerprint density at radius 1 is 1.39 bits per heavy atom. The van der Waals surface area contributed by atoms with Gasteiger partial charge in [-0.05, 0) is 58.0 Å². The summed E-state index contributed by atoms with van der Waals surface area (Å²) >= 11 is 0. The van der Waals surface area contributed by atoms with E-state index in [-0.39, 0.29) is 0 Å². The first-order chi connectivity index (χ1) is 8.39. The Kier molecular flexibility index (Phi) is 6.13. The van der Waals surface area contributed by atoms with Crippen molar-refractivity contribution in [3.05, 3.63) is 0 Å². The summed E-state index contributed by atoms with van der Waals surface area (Å²) < 4.78 is 0. The van der Waals surface area contributed by atoms with Gasteiger partial charge in [-0.3, -0.25) is 0 Å². The highest BCUT2D eigenvalue weighted by Crippen LogP contribution is 2.39.